The summed E-state index contributed by atoms with van der Waals surface area (Å²) in [5.41, 5.74) is 0.972. The van der Waals surface area contributed by atoms with Crippen molar-refractivity contribution in [2.75, 3.05) is 22.5 Å². The van der Waals surface area contributed by atoms with Crippen LogP contribution in [0.15, 0.2) is 83.9 Å². The predicted molar refractivity (Wildman–Crippen MR) is 174 cm³/mol. The number of fused-ring (bicyclic) bond motifs is 3. The molecule has 1 aliphatic carbocycles. The lowest BCUT2D eigenvalue weighted by Crippen LogP contribution is -2.52. The predicted octanol–water partition coefficient (Wildman–Crippen LogP) is 2.45. The molecule has 3 heterocycles. The van der Waals surface area contributed by atoms with Crippen LogP contribution in [0.2, 0.25) is 0 Å². The highest BCUT2D eigenvalue weighted by Crippen LogP contribution is 2.34. The van der Waals surface area contributed by atoms with Crippen LogP contribution in [-0.2, 0) is 37.1 Å². The van der Waals surface area contributed by atoms with E-state index in [1.807, 2.05) is 0 Å². The molecule has 46 heavy (non-hydrogen) atoms. The van der Waals surface area contributed by atoms with Gasteiger partial charge in [-0.05, 0) is 46.8 Å². The lowest BCUT2D eigenvalue weighted by Gasteiger charge is -2.25. The van der Waals surface area contributed by atoms with Crippen LogP contribution in [0.4, 0.5) is 16.2 Å². The van der Waals surface area contributed by atoms with E-state index in [0.717, 1.165) is 21.4 Å². The summed E-state index contributed by atoms with van der Waals surface area (Å²) in [6.45, 7) is -0.552. The van der Waals surface area contributed by atoms with E-state index in [4.69, 9.17) is 0 Å². The van der Waals surface area contributed by atoms with Gasteiger partial charge in [-0.1, -0.05) is 42.5 Å². The Morgan fingerprint density at radius 2 is 1.74 bits per heavy atom. The van der Waals surface area contributed by atoms with E-state index in [0.29, 0.717) is 17.5 Å². The monoisotopic (exact) mass is 646 g/mol. The average molecular weight is 647 g/mol. The summed E-state index contributed by atoms with van der Waals surface area (Å²) in [7, 11) is -4.08. The summed E-state index contributed by atoms with van der Waals surface area (Å²) < 4.78 is 26.9. The molecule has 13 nitrogen and oxygen atoms in total. The summed E-state index contributed by atoms with van der Waals surface area (Å²) in [6.07, 6.45) is 2.00. The lowest BCUT2D eigenvalue weighted by molar-refractivity contribution is -0.123. The topological polar surface area (TPSA) is 184 Å². The van der Waals surface area contributed by atoms with Gasteiger partial charge in [0.05, 0.1) is 16.3 Å². The number of aromatic nitrogens is 1. The second-order valence-corrected chi connectivity index (χ2v) is 13.5. The smallest absolute Gasteiger partial charge is 0.322 e. The standard InChI is InChI=1S/C32H26N6O7S.4H2/c39-26(34-21-10-9-19-14-32(15-20(19)13-21)30(42)36-31(43)37-32)16-38-24-7-3-4-8-25(24)46(44,45)17-23(29(38)41)35-28(40)27-22-6-2-1-5-18(22)11-12-33-27;;;;/h1-13,23H,14-17H2,(H,34,39)(H,35,40)(H2,36,37,42,43);4*1H/t23-,32?;;;;/m0..../s1. The zero-order chi connectivity index (χ0) is 32.2. The van der Waals surface area contributed by atoms with Crippen molar-refractivity contribution >= 4 is 61.6 Å². The second-order valence-electron chi connectivity index (χ2n) is 11.5. The quantitative estimate of drug-likeness (QED) is 0.238. The molecule has 1 saturated heterocycles. The number of carbonyl (C=O) groups excluding carboxylic acids is 5. The number of sulfone groups is 1. The van der Waals surface area contributed by atoms with E-state index in [2.05, 4.69) is 26.3 Å². The number of nitrogens with one attached hydrogen (secondary N) is 4. The number of nitrogens with zero attached hydrogens (tertiary/aromatic N) is 2. The minimum Gasteiger partial charge on any atom is -0.338 e. The molecule has 3 aliphatic rings. The molecule has 7 rings (SSSR count). The van der Waals surface area contributed by atoms with Crippen molar-refractivity contribution in [1.29, 1.82) is 0 Å². The molecule has 14 heteroatoms. The number of pyridine rings is 1. The highest BCUT2D eigenvalue weighted by molar-refractivity contribution is 7.91. The maximum atomic E-state index is 13.9. The molecule has 1 unspecified atom stereocenters. The third-order valence-electron chi connectivity index (χ3n) is 8.43. The first-order valence-corrected chi connectivity index (χ1v) is 16.0. The van der Waals surface area contributed by atoms with Gasteiger partial charge in [0, 0.05) is 35.8 Å². The van der Waals surface area contributed by atoms with Gasteiger partial charge in [-0.2, -0.15) is 0 Å². The van der Waals surface area contributed by atoms with Gasteiger partial charge in [0.25, 0.3) is 17.7 Å². The largest absolute Gasteiger partial charge is 0.338 e. The summed E-state index contributed by atoms with van der Waals surface area (Å²) >= 11 is 0. The molecule has 1 spiro atoms. The van der Waals surface area contributed by atoms with E-state index in [-0.39, 0.29) is 28.4 Å². The molecule has 0 bridgehead atoms. The van der Waals surface area contributed by atoms with Gasteiger partial charge in [0.2, 0.25) is 5.91 Å². The Hall–Kier alpha value is -5.63. The van der Waals surface area contributed by atoms with Crippen LogP contribution in [0, 0.1) is 0 Å². The fourth-order valence-corrected chi connectivity index (χ4v) is 7.93. The maximum absolute atomic E-state index is 13.9. The first-order chi connectivity index (χ1) is 22.0. The van der Waals surface area contributed by atoms with E-state index in [1.54, 1.807) is 54.6 Å². The van der Waals surface area contributed by atoms with E-state index >= 15 is 0 Å². The molecule has 1 aromatic heterocycles. The number of hydrogen-bond donors (Lipinski definition) is 4. The van der Waals surface area contributed by atoms with E-state index in [9.17, 15) is 32.4 Å². The van der Waals surface area contributed by atoms with Crippen LogP contribution in [0.1, 0.15) is 27.3 Å². The molecule has 0 radical (unpaired) electrons. The van der Waals surface area contributed by atoms with Crippen LogP contribution >= 0.6 is 0 Å². The van der Waals surface area contributed by atoms with Crippen molar-refractivity contribution in [3.05, 3.63) is 95.8 Å². The first kappa shape index (κ1) is 29.1. The Labute approximate surface area is 268 Å². The van der Waals surface area contributed by atoms with Crippen molar-refractivity contribution in [1.82, 2.24) is 20.9 Å². The Kier molecular flexibility index (Phi) is 6.81. The zero-order valence-electron chi connectivity index (χ0n) is 24.1. The fourth-order valence-electron chi connectivity index (χ4n) is 6.30. The summed E-state index contributed by atoms with van der Waals surface area (Å²) in [4.78, 5) is 70.0. The molecule has 4 N–H and O–H groups in total. The van der Waals surface area contributed by atoms with Gasteiger partial charge >= 0.3 is 6.03 Å². The molecule has 0 saturated carbocycles. The highest BCUT2D eigenvalue weighted by atomic mass is 32.2. The molecule has 2 aliphatic heterocycles. The van der Waals surface area contributed by atoms with Crippen LogP contribution in [0.5, 0.6) is 0 Å². The van der Waals surface area contributed by atoms with Crippen molar-refractivity contribution in [2.24, 2.45) is 0 Å². The van der Waals surface area contributed by atoms with Gasteiger partial charge in [-0.15, -0.1) is 0 Å². The average Bonchev–Trinajstić information content (AvgIpc) is 3.51. The highest BCUT2D eigenvalue weighted by Gasteiger charge is 2.50. The maximum Gasteiger partial charge on any atom is 0.322 e. The second kappa shape index (κ2) is 10.8. The van der Waals surface area contributed by atoms with Crippen molar-refractivity contribution in [3.8, 4) is 0 Å². The Morgan fingerprint density at radius 1 is 0.978 bits per heavy atom. The Morgan fingerprint density at radius 3 is 2.54 bits per heavy atom. The number of rotatable bonds is 5. The molecule has 6 amide bonds. The first-order valence-electron chi connectivity index (χ1n) is 14.4. The normalized spacial score (nSPS) is 21.3. The van der Waals surface area contributed by atoms with E-state index in [1.165, 1.54) is 24.4 Å². The van der Waals surface area contributed by atoms with Crippen molar-refractivity contribution in [3.63, 3.8) is 0 Å². The van der Waals surface area contributed by atoms with Crippen LogP contribution in [0.25, 0.3) is 10.8 Å². The minimum atomic E-state index is -4.08. The molecule has 2 atom stereocenters. The van der Waals surface area contributed by atoms with Gasteiger partial charge < -0.3 is 16.0 Å². The summed E-state index contributed by atoms with van der Waals surface area (Å²) in [5.74, 6) is -3.26. The summed E-state index contributed by atoms with van der Waals surface area (Å²) in [5, 5.41) is 11.5. The van der Waals surface area contributed by atoms with Gasteiger partial charge in [-0.3, -0.25) is 34.4 Å². The van der Waals surface area contributed by atoms with Crippen molar-refractivity contribution < 1.29 is 38.1 Å². The van der Waals surface area contributed by atoms with Crippen LogP contribution in [0.3, 0.4) is 0 Å². The van der Waals surface area contributed by atoms with Gasteiger partial charge in [0.15, 0.2) is 9.84 Å². The number of imide groups is 1. The van der Waals surface area contributed by atoms with Gasteiger partial charge in [0.1, 0.15) is 23.8 Å². The molecular weight excluding hydrogens is 612 g/mol. The number of anilines is 2. The Balaban J connectivity index is 0.00000169. The number of amides is 6. The van der Waals surface area contributed by atoms with Crippen LogP contribution < -0.4 is 26.2 Å². The van der Waals surface area contributed by atoms with Crippen LogP contribution in [-0.4, -0.2) is 66.9 Å². The van der Waals surface area contributed by atoms with Gasteiger partial charge in [-0.25, -0.2) is 13.2 Å². The molecule has 3 aromatic carbocycles. The minimum absolute atomic E-state index is 0. The Bertz CT molecular complexity index is 2130. The molecule has 240 valence electrons. The number of carbonyl (C=O) groups is 5. The zero-order valence-corrected chi connectivity index (χ0v) is 24.9. The summed E-state index contributed by atoms with van der Waals surface area (Å²) in [6, 6.07) is 17.7. The molecule has 1 fully saturated rings. The number of urea groups is 1. The number of benzene rings is 3. The third-order valence-corrected chi connectivity index (χ3v) is 10.2. The number of hydrogen-bond acceptors (Lipinski definition) is 8. The molecular formula is C32H34N6O7S. The molecule has 4 aromatic rings. The number of para-hydroxylation sites is 1. The SMILES string of the molecule is O=C(CN1C(=O)[C@@H](NC(=O)c2nccc3ccccc23)CS(=O)(=O)c2ccccc21)Nc1ccc2c(c1)CC1(C2)NC(=O)NC1=O.[HH].[HH].[HH].[HH]. The van der Waals surface area contributed by atoms with Crippen molar-refractivity contribution in [2.45, 2.75) is 29.3 Å². The fraction of sp³-hybridized carbons (Fsp3) is 0.188. The van der Waals surface area contributed by atoms with E-state index < -0.39 is 63.4 Å². The third kappa shape index (κ3) is 5.01. The lowest BCUT2D eigenvalue weighted by atomic mass is 9.96.